The van der Waals surface area contributed by atoms with Crippen molar-refractivity contribution in [2.75, 3.05) is 19.8 Å². The van der Waals surface area contributed by atoms with E-state index >= 15 is 0 Å². The SMILES string of the molecule is C=COCCCNC(C)c1ccc(OCC)cc1. The van der Waals surface area contributed by atoms with Gasteiger partial charge in [-0.3, -0.25) is 0 Å². The van der Waals surface area contributed by atoms with Crippen molar-refractivity contribution in [2.24, 2.45) is 0 Å². The Kier molecular flexibility index (Phi) is 6.96. The van der Waals surface area contributed by atoms with Gasteiger partial charge >= 0.3 is 0 Å². The van der Waals surface area contributed by atoms with Crippen molar-refractivity contribution >= 4 is 0 Å². The predicted octanol–water partition coefficient (Wildman–Crippen LogP) is 3.29. The van der Waals surface area contributed by atoms with Gasteiger partial charge in [-0.15, -0.1) is 0 Å². The molecule has 18 heavy (non-hydrogen) atoms. The lowest BCUT2D eigenvalue weighted by atomic mass is 10.1. The fourth-order valence-electron chi connectivity index (χ4n) is 1.69. The summed E-state index contributed by atoms with van der Waals surface area (Å²) >= 11 is 0. The lowest BCUT2D eigenvalue weighted by molar-refractivity contribution is 0.243. The van der Waals surface area contributed by atoms with Crippen molar-refractivity contribution in [3.05, 3.63) is 42.7 Å². The van der Waals surface area contributed by atoms with Gasteiger partial charge in [0.1, 0.15) is 5.75 Å². The first-order valence-electron chi connectivity index (χ1n) is 6.46. The Balaban J connectivity index is 2.32. The van der Waals surface area contributed by atoms with Gasteiger partial charge < -0.3 is 14.8 Å². The second-order valence-corrected chi connectivity index (χ2v) is 4.07. The van der Waals surface area contributed by atoms with Crippen molar-refractivity contribution < 1.29 is 9.47 Å². The minimum Gasteiger partial charge on any atom is -0.502 e. The zero-order valence-electron chi connectivity index (χ0n) is 11.3. The summed E-state index contributed by atoms with van der Waals surface area (Å²) in [6, 6.07) is 8.56. The zero-order chi connectivity index (χ0) is 13.2. The number of hydrogen-bond acceptors (Lipinski definition) is 3. The fraction of sp³-hybridized carbons (Fsp3) is 0.467. The van der Waals surface area contributed by atoms with E-state index in [4.69, 9.17) is 9.47 Å². The summed E-state index contributed by atoms with van der Waals surface area (Å²) in [5, 5.41) is 3.45. The highest BCUT2D eigenvalue weighted by atomic mass is 16.5. The highest BCUT2D eigenvalue weighted by Gasteiger charge is 2.04. The van der Waals surface area contributed by atoms with Gasteiger partial charge in [0.2, 0.25) is 0 Å². The first-order chi connectivity index (χ1) is 8.77. The van der Waals surface area contributed by atoms with Crippen LogP contribution < -0.4 is 10.1 Å². The van der Waals surface area contributed by atoms with E-state index in [-0.39, 0.29) is 0 Å². The molecule has 0 aliphatic carbocycles. The molecule has 1 unspecified atom stereocenters. The molecule has 0 aliphatic heterocycles. The molecule has 1 atom stereocenters. The van der Waals surface area contributed by atoms with Crippen molar-refractivity contribution in [1.29, 1.82) is 0 Å². The van der Waals surface area contributed by atoms with E-state index in [0.717, 1.165) is 18.7 Å². The average molecular weight is 249 g/mol. The summed E-state index contributed by atoms with van der Waals surface area (Å²) in [6.45, 7) is 10.0. The molecule has 0 amide bonds. The molecule has 0 bridgehead atoms. The lowest BCUT2D eigenvalue weighted by Gasteiger charge is -2.14. The molecule has 100 valence electrons. The summed E-state index contributed by atoms with van der Waals surface area (Å²) in [4.78, 5) is 0. The van der Waals surface area contributed by atoms with Gasteiger partial charge in [-0.05, 0) is 44.5 Å². The Bertz CT molecular complexity index is 335. The van der Waals surface area contributed by atoms with Gasteiger partial charge in [0.25, 0.3) is 0 Å². The molecule has 3 heteroatoms. The van der Waals surface area contributed by atoms with Crippen LogP contribution in [0, 0.1) is 0 Å². The van der Waals surface area contributed by atoms with Gasteiger partial charge in [-0.2, -0.15) is 0 Å². The molecule has 1 N–H and O–H groups in total. The largest absolute Gasteiger partial charge is 0.502 e. The highest BCUT2D eigenvalue weighted by Crippen LogP contribution is 2.17. The van der Waals surface area contributed by atoms with Gasteiger partial charge in [0, 0.05) is 6.04 Å². The number of rotatable bonds is 9. The molecule has 3 nitrogen and oxygen atoms in total. The second-order valence-electron chi connectivity index (χ2n) is 4.07. The van der Waals surface area contributed by atoms with Crippen molar-refractivity contribution in [1.82, 2.24) is 5.32 Å². The van der Waals surface area contributed by atoms with Crippen LogP contribution in [0.5, 0.6) is 5.75 Å². The summed E-state index contributed by atoms with van der Waals surface area (Å²) in [6.07, 6.45) is 2.46. The molecular weight excluding hydrogens is 226 g/mol. The van der Waals surface area contributed by atoms with Crippen LogP contribution in [0.2, 0.25) is 0 Å². The standard InChI is InChI=1S/C15H23NO2/c1-4-17-12-6-11-16-13(3)14-7-9-15(10-8-14)18-5-2/h4,7-10,13,16H,1,5-6,11-12H2,2-3H3. The average Bonchev–Trinajstić information content (AvgIpc) is 2.39. The van der Waals surface area contributed by atoms with Gasteiger partial charge in [-0.25, -0.2) is 0 Å². The third-order valence-corrected chi connectivity index (χ3v) is 2.70. The summed E-state index contributed by atoms with van der Waals surface area (Å²) in [7, 11) is 0. The van der Waals surface area contributed by atoms with Crippen LogP contribution in [0.25, 0.3) is 0 Å². The van der Waals surface area contributed by atoms with Gasteiger partial charge in [0.05, 0.1) is 19.5 Å². The topological polar surface area (TPSA) is 30.5 Å². The molecule has 0 fully saturated rings. The summed E-state index contributed by atoms with van der Waals surface area (Å²) in [5.41, 5.74) is 1.27. The Morgan fingerprint density at radius 1 is 1.33 bits per heavy atom. The molecule has 1 rings (SSSR count). The monoisotopic (exact) mass is 249 g/mol. The molecule has 0 aromatic heterocycles. The maximum absolute atomic E-state index is 5.42. The lowest BCUT2D eigenvalue weighted by Crippen LogP contribution is -2.20. The Labute approximate surface area is 110 Å². The Morgan fingerprint density at radius 3 is 2.67 bits per heavy atom. The predicted molar refractivity (Wildman–Crippen MR) is 74.8 cm³/mol. The molecule has 1 aromatic carbocycles. The third-order valence-electron chi connectivity index (χ3n) is 2.70. The van der Waals surface area contributed by atoms with Crippen LogP contribution >= 0.6 is 0 Å². The van der Waals surface area contributed by atoms with Crippen LogP contribution in [0.4, 0.5) is 0 Å². The van der Waals surface area contributed by atoms with E-state index in [2.05, 4.69) is 31.0 Å². The van der Waals surface area contributed by atoms with Crippen molar-refractivity contribution in [2.45, 2.75) is 26.3 Å². The Morgan fingerprint density at radius 2 is 2.06 bits per heavy atom. The molecule has 0 aliphatic rings. The van der Waals surface area contributed by atoms with Crippen molar-refractivity contribution in [3.63, 3.8) is 0 Å². The number of ether oxygens (including phenoxy) is 2. The number of hydrogen-bond donors (Lipinski definition) is 1. The van der Waals surface area contributed by atoms with E-state index in [1.807, 2.05) is 19.1 Å². The third kappa shape index (κ3) is 5.23. The maximum atomic E-state index is 5.42. The smallest absolute Gasteiger partial charge is 0.119 e. The van der Waals surface area contributed by atoms with E-state index in [1.165, 1.54) is 11.8 Å². The molecular formula is C15H23NO2. The van der Waals surface area contributed by atoms with Crippen LogP contribution in [0.3, 0.4) is 0 Å². The number of nitrogens with one attached hydrogen (secondary N) is 1. The van der Waals surface area contributed by atoms with Crippen LogP contribution in [0.15, 0.2) is 37.1 Å². The molecule has 0 saturated carbocycles. The summed E-state index contributed by atoms with van der Waals surface area (Å²) in [5.74, 6) is 0.924. The Hall–Kier alpha value is -1.48. The zero-order valence-corrected chi connectivity index (χ0v) is 11.3. The van der Waals surface area contributed by atoms with E-state index in [0.29, 0.717) is 19.3 Å². The van der Waals surface area contributed by atoms with Gasteiger partial charge in [-0.1, -0.05) is 18.7 Å². The van der Waals surface area contributed by atoms with E-state index in [9.17, 15) is 0 Å². The first-order valence-corrected chi connectivity index (χ1v) is 6.46. The summed E-state index contributed by atoms with van der Waals surface area (Å²) < 4.78 is 10.5. The van der Waals surface area contributed by atoms with Crippen LogP contribution in [0.1, 0.15) is 31.9 Å². The fourth-order valence-corrected chi connectivity index (χ4v) is 1.69. The van der Waals surface area contributed by atoms with E-state index < -0.39 is 0 Å². The van der Waals surface area contributed by atoms with Gasteiger partial charge in [0.15, 0.2) is 0 Å². The normalized spacial score (nSPS) is 11.9. The molecule has 0 radical (unpaired) electrons. The second kappa shape index (κ2) is 8.59. The molecule has 1 aromatic rings. The maximum Gasteiger partial charge on any atom is 0.119 e. The highest BCUT2D eigenvalue weighted by molar-refractivity contribution is 5.28. The minimum atomic E-state index is 0.337. The molecule has 0 saturated heterocycles. The van der Waals surface area contributed by atoms with Crippen LogP contribution in [-0.2, 0) is 4.74 Å². The molecule has 0 spiro atoms. The molecule has 0 heterocycles. The van der Waals surface area contributed by atoms with Crippen LogP contribution in [-0.4, -0.2) is 19.8 Å². The quantitative estimate of drug-likeness (QED) is 0.538. The number of benzene rings is 1. The minimum absolute atomic E-state index is 0.337. The van der Waals surface area contributed by atoms with E-state index in [1.54, 1.807) is 0 Å². The van der Waals surface area contributed by atoms with Crippen molar-refractivity contribution in [3.8, 4) is 5.75 Å². The first kappa shape index (κ1) is 14.6.